The molecule has 242 valence electrons. The van der Waals surface area contributed by atoms with Crippen molar-refractivity contribution in [3.8, 4) is 11.5 Å². The molecule has 3 aromatic rings. The number of amides is 2. The molecule has 0 radical (unpaired) electrons. The Morgan fingerprint density at radius 1 is 0.875 bits per heavy atom. The molecule has 0 bridgehead atoms. The fourth-order valence-corrected chi connectivity index (χ4v) is 7.50. The topological polar surface area (TPSA) is 129 Å². The first-order valence-corrected chi connectivity index (χ1v) is 15.8. The summed E-state index contributed by atoms with van der Waals surface area (Å²) >= 11 is 0. The Labute approximate surface area is 277 Å². The molecule has 4 atom stereocenters. The lowest BCUT2D eigenvalue weighted by Crippen LogP contribution is -2.39. The molecule has 7 rings (SSSR count). The van der Waals surface area contributed by atoms with Gasteiger partial charge in [0.25, 0.3) is 0 Å². The number of phenols is 1. The van der Waals surface area contributed by atoms with Crippen LogP contribution >= 0.6 is 0 Å². The highest BCUT2D eigenvalue weighted by molar-refractivity contribution is 6.25. The molecule has 3 aromatic carbocycles. The number of phenolic OH excluding ortho intramolecular Hbond substituents is 1. The van der Waals surface area contributed by atoms with Crippen molar-refractivity contribution in [1.29, 1.82) is 0 Å². The monoisotopic (exact) mass is 642 g/mol. The molecular formula is C38H34N4O6. The number of carbonyl (C=O) groups is 4. The van der Waals surface area contributed by atoms with E-state index in [9.17, 15) is 24.3 Å². The molecule has 1 aliphatic heterocycles. The van der Waals surface area contributed by atoms with Crippen molar-refractivity contribution in [3.05, 3.63) is 107 Å². The van der Waals surface area contributed by atoms with Gasteiger partial charge in [-0.3, -0.25) is 24.1 Å². The lowest BCUT2D eigenvalue weighted by Gasteiger charge is -2.42. The summed E-state index contributed by atoms with van der Waals surface area (Å²) in [5.74, 6) is -3.40. The smallest absolute Gasteiger partial charge is 0.238 e. The van der Waals surface area contributed by atoms with Crippen molar-refractivity contribution in [2.24, 2.45) is 28.0 Å². The van der Waals surface area contributed by atoms with Crippen LogP contribution in [0.3, 0.4) is 0 Å². The Morgan fingerprint density at radius 2 is 1.54 bits per heavy atom. The van der Waals surface area contributed by atoms with E-state index in [1.165, 1.54) is 24.2 Å². The molecule has 2 amide bonds. The van der Waals surface area contributed by atoms with Crippen LogP contribution in [-0.4, -0.2) is 49.7 Å². The lowest BCUT2D eigenvalue weighted by atomic mass is 9.59. The first-order chi connectivity index (χ1) is 23.1. The van der Waals surface area contributed by atoms with Crippen molar-refractivity contribution in [1.82, 2.24) is 0 Å². The van der Waals surface area contributed by atoms with Crippen molar-refractivity contribution in [2.75, 3.05) is 31.0 Å². The number of rotatable bonds is 6. The molecule has 0 spiro atoms. The average Bonchev–Trinajstić information content (AvgIpc) is 3.34. The Hall–Kier alpha value is -5.64. The number of nitrogens with zero attached hydrogens (tertiary/aromatic N) is 4. The van der Waals surface area contributed by atoms with Gasteiger partial charge in [-0.2, -0.15) is 10.2 Å². The molecule has 10 nitrogen and oxygen atoms in total. The number of azo groups is 1. The van der Waals surface area contributed by atoms with Gasteiger partial charge >= 0.3 is 0 Å². The van der Waals surface area contributed by atoms with Gasteiger partial charge in [-0.25, -0.2) is 0 Å². The summed E-state index contributed by atoms with van der Waals surface area (Å²) in [5, 5.41) is 19.3. The largest absolute Gasteiger partial charge is 0.504 e. The van der Waals surface area contributed by atoms with Crippen LogP contribution in [0.4, 0.5) is 22.7 Å². The van der Waals surface area contributed by atoms with Crippen molar-refractivity contribution in [3.63, 3.8) is 0 Å². The number of fused-ring (bicyclic) bond motifs is 3. The maximum absolute atomic E-state index is 14.2. The zero-order valence-corrected chi connectivity index (χ0v) is 27.0. The molecule has 48 heavy (non-hydrogen) atoms. The summed E-state index contributed by atoms with van der Waals surface area (Å²) in [7, 11) is 5.37. The first kappa shape index (κ1) is 31.0. The molecule has 1 saturated heterocycles. The normalized spacial score (nSPS) is 23.5. The minimum atomic E-state index is -0.709. The molecule has 0 saturated carbocycles. The molecule has 4 unspecified atom stereocenters. The Bertz CT molecular complexity index is 2010. The van der Waals surface area contributed by atoms with Crippen LogP contribution < -0.4 is 14.5 Å². The Balaban J connectivity index is 1.19. The van der Waals surface area contributed by atoms with Crippen molar-refractivity contribution >= 4 is 46.1 Å². The summed E-state index contributed by atoms with van der Waals surface area (Å²) in [6.45, 7) is 1.61. The fourth-order valence-electron chi connectivity index (χ4n) is 7.50. The summed E-state index contributed by atoms with van der Waals surface area (Å²) in [4.78, 5) is 58.3. The van der Waals surface area contributed by atoms with E-state index in [-0.39, 0.29) is 41.3 Å². The summed E-state index contributed by atoms with van der Waals surface area (Å²) in [5.41, 5.74) is 5.24. The van der Waals surface area contributed by atoms with Crippen LogP contribution in [0.2, 0.25) is 0 Å². The van der Waals surface area contributed by atoms with E-state index in [1.54, 1.807) is 43.3 Å². The number of methoxy groups -OCH3 is 1. The maximum atomic E-state index is 14.2. The number of carbonyl (C=O) groups excluding carboxylic acids is 4. The molecule has 1 N–H and O–H groups in total. The maximum Gasteiger partial charge on any atom is 0.238 e. The van der Waals surface area contributed by atoms with Gasteiger partial charge in [0, 0.05) is 42.4 Å². The van der Waals surface area contributed by atoms with E-state index >= 15 is 0 Å². The van der Waals surface area contributed by atoms with Gasteiger partial charge < -0.3 is 14.7 Å². The second-order valence-electron chi connectivity index (χ2n) is 12.8. The molecule has 3 aliphatic carbocycles. The van der Waals surface area contributed by atoms with Crippen LogP contribution in [0.5, 0.6) is 11.5 Å². The first-order valence-electron chi connectivity index (χ1n) is 15.8. The minimum absolute atomic E-state index is 0.0987. The zero-order valence-electron chi connectivity index (χ0n) is 27.0. The number of ether oxygens (including phenoxy) is 1. The zero-order chi connectivity index (χ0) is 33.9. The quantitative estimate of drug-likeness (QED) is 0.140. The third-order valence-corrected chi connectivity index (χ3v) is 9.85. The minimum Gasteiger partial charge on any atom is -0.504 e. The number of allylic oxidation sites excluding steroid dienone is 6. The number of ketones is 2. The molecule has 4 aliphatic rings. The number of imide groups is 1. The second-order valence-corrected chi connectivity index (χ2v) is 12.8. The molecule has 0 aromatic heterocycles. The van der Waals surface area contributed by atoms with Crippen molar-refractivity contribution < 1.29 is 29.0 Å². The number of Topliss-reactive ketones (excluding diaryl/α,β-unsaturated/α-hetero) is 1. The van der Waals surface area contributed by atoms with Gasteiger partial charge in [0.1, 0.15) is 0 Å². The number of hydrogen-bond donors (Lipinski definition) is 1. The van der Waals surface area contributed by atoms with Gasteiger partial charge in [0.2, 0.25) is 11.8 Å². The third kappa shape index (κ3) is 5.04. The Morgan fingerprint density at radius 3 is 2.17 bits per heavy atom. The predicted molar refractivity (Wildman–Crippen MR) is 180 cm³/mol. The number of hydrogen-bond acceptors (Lipinski definition) is 9. The van der Waals surface area contributed by atoms with Crippen LogP contribution in [0.1, 0.15) is 31.2 Å². The van der Waals surface area contributed by atoms with E-state index in [2.05, 4.69) is 10.2 Å². The number of benzene rings is 3. The summed E-state index contributed by atoms with van der Waals surface area (Å²) in [6, 6.07) is 19.4. The third-order valence-electron chi connectivity index (χ3n) is 9.85. The number of aromatic hydroxyl groups is 1. The van der Waals surface area contributed by atoms with Gasteiger partial charge in [-0.15, -0.1) is 0 Å². The number of anilines is 2. The standard InChI is InChI=1S/C38H34N4O6/c1-20-17-31(44)35-29(36(20)45)19-28-26(33(35)21-5-16-32(48-4)30(43)18-21)14-15-27-34(28)38(47)42(37(27)46)25-12-8-23(9-13-25)40-39-22-6-10-24(11-7-22)41(2)3/h5-14,16-18,27-28,33-34,43H,15,19H2,1-4H3. The molecule has 1 heterocycles. The van der Waals surface area contributed by atoms with Crippen LogP contribution in [-0.2, 0) is 19.2 Å². The van der Waals surface area contributed by atoms with Crippen molar-refractivity contribution in [2.45, 2.75) is 25.7 Å². The highest BCUT2D eigenvalue weighted by Gasteiger charge is 2.56. The fraction of sp³-hybridized carbons (Fsp3) is 0.263. The highest BCUT2D eigenvalue weighted by Crippen LogP contribution is 2.56. The molecule has 1 fully saturated rings. The van der Waals surface area contributed by atoms with Gasteiger partial charge in [-0.1, -0.05) is 17.7 Å². The van der Waals surface area contributed by atoms with Gasteiger partial charge in [0.15, 0.2) is 23.1 Å². The van der Waals surface area contributed by atoms with E-state index in [1.807, 2.05) is 49.3 Å². The van der Waals surface area contributed by atoms with Crippen LogP contribution in [0.15, 0.2) is 111 Å². The average molecular weight is 643 g/mol. The van der Waals surface area contributed by atoms with E-state index < -0.39 is 23.7 Å². The van der Waals surface area contributed by atoms with E-state index in [4.69, 9.17) is 4.74 Å². The predicted octanol–water partition coefficient (Wildman–Crippen LogP) is 6.52. The second kappa shape index (κ2) is 11.9. The van der Waals surface area contributed by atoms with Gasteiger partial charge in [-0.05, 0) is 98.0 Å². The molecular weight excluding hydrogens is 608 g/mol. The molecule has 10 heteroatoms. The lowest BCUT2D eigenvalue weighted by molar-refractivity contribution is -0.123. The van der Waals surface area contributed by atoms with Gasteiger partial charge in [0.05, 0.1) is 36.0 Å². The Kier molecular flexibility index (Phi) is 7.66. The van der Waals surface area contributed by atoms with E-state index in [0.717, 1.165) is 11.3 Å². The SMILES string of the molecule is COc1ccc(C2C3=CCC4C(=O)N(c5ccc(N=Nc6ccc(N(C)C)cc6)cc5)C(=O)C4C3CC3=C2C(=O)C=C(C)C3=O)cc1O. The van der Waals surface area contributed by atoms with E-state index in [0.29, 0.717) is 45.8 Å². The van der Waals surface area contributed by atoms with Crippen LogP contribution in [0, 0.1) is 17.8 Å². The summed E-state index contributed by atoms with van der Waals surface area (Å²) in [6.07, 6.45) is 3.81. The highest BCUT2D eigenvalue weighted by atomic mass is 16.5. The summed E-state index contributed by atoms with van der Waals surface area (Å²) < 4.78 is 5.23. The van der Waals surface area contributed by atoms with Crippen LogP contribution in [0.25, 0.3) is 0 Å².